The van der Waals surface area contributed by atoms with Crippen LogP contribution in [0.2, 0.25) is 0 Å². The summed E-state index contributed by atoms with van der Waals surface area (Å²) in [5.41, 5.74) is 0. The average Bonchev–Trinajstić information content (AvgIpc) is 2.38. The molecule has 3 N–H and O–H groups in total. The van der Waals surface area contributed by atoms with Crippen molar-refractivity contribution in [1.29, 1.82) is 0 Å². The molecule has 0 bridgehead atoms. The first kappa shape index (κ1) is 16.4. The van der Waals surface area contributed by atoms with Crippen LogP contribution in [0.1, 0.15) is 20.8 Å². The maximum absolute atomic E-state index is 11.6. The van der Waals surface area contributed by atoms with Crippen molar-refractivity contribution in [2.75, 3.05) is 26.8 Å². The molecule has 2 unspecified atom stereocenters. The fourth-order valence-electron chi connectivity index (χ4n) is 2.63. The summed E-state index contributed by atoms with van der Waals surface area (Å²) in [6.07, 6.45) is -0.707. The van der Waals surface area contributed by atoms with E-state index < -0.39 is 18.1 Å². The second-order valence-corrected chi connectivity index (χ2v) is 5.37. The highest BCUT2D eigenvalue weighted by Crippen LogP contribution is 2.22. The Labute approximate surface area is 114 Å². The predicted octanol–water partition coefficient (Wildman–Crippen LogP) is -0.235. The molecule has 1 saturated heterocycles. The van der Waals surface area contributed by atoms with Gasteiger partial charge in [-0.25, -0.2) is 0 Å². The van der Waals surface area contributed by atoms with E-state index in [0.717, 1.165) is 0 Å². The Kier molecular flexibility index (Phi) is 6.19. The summed E-state index contributed by atoms with van der Waals surface area (Å²) in [7, 11) is 1.76. The van der Waals surface area contributed by atoms with E-state index in [1.165, 1.54) is 0 Å². The number of aliphatic hydroxyl groups is 1. The van der Waals surface area contributed by atoms with E-state index in [4.69, 9.17) is 4.74 Å². The van der Waals surface area contributed by atoms with Crippen LogP contribution in [-0.2, 0) is 9.53 Å². The fourth-order valence-corrected chi connectivity index (χ4v) is 2.63. The second-order valence-electron chi connectivity index (χ2n) is 5.37. The SMILES string of the molecule is CN[C@@H](C)[C@H](O)[C@H](C)C(C(=O)O)N1CCOCC1C. The summed E-state index contributed by atoms with van der Waals surface area (Å²) in [5.74, 6) is -1.25. The van der Waals surface area contributed by atoms with Crippen LogP contribution in [-0.4, -0.2) is 72.1 Å². The number of hydrogen-bond donors (Lipinski definition) is 3. The number of nitrogens with one attached hydrogen (secondary N) is 1. The van der Waals surface area contributed by atoms with Gasteiger partial charge >= 0.3 is 5.97 Å². The number of morpholine rings is 1. The van der Waals surface area contributed by atoms with E-state index in [0.29, 0.717) is 19.8 Å². The average molecular weight is 274 g/mol. The van der Waals surface area contributed by atoms with E-state index >= 15 is 0 Å². The smallest absolute Gasteiger partial charge is 0.321 e. The molecule has 0 spiro atoms. The first-order valence-corrected chi connectivity index (χ1v) is 6.81. The lowest BCUT2D eigenvalue weighted by molar-refractivity contribution is -0.152. The third-order valence-electron chi connectivity index (χ3n) is 4.03. The van der Waals surface area contributed by atoms with Crippen molar-refractivity contribution in [1.82, 2.24) is 10.2 Å². The van der Waals surface area contributed by atoms with Gasteiger partial charge in [-0.1, -0.05) is 6.92 Å². The van der Waals surface area contributed by atoms with Crippen LogP contribution in [0.3, 0.4) is 0 Å². The van der Waals surface area contributed by atoms with Gasteiger partial charge < -0.3 is 20.3 Å². The Morgan fingerprint density at radius 3 is 2.58 bits per heavy atom. The molecule has 0 saturated carbocycles. The van der Waals surface area contributed by atoms with Crippen molar-refractivity contribution in [2.45, 2.75) is 45.0 Å². The van der Waals surface area contributed by atoms with Gasteiger partial charge in [-0.05, 0) is 20.9 Å². The minimum Gasteiger partial charge on any atom is -0.480 e. The van der Waals surface area contributed by atoms with Gasteiger partial charge in [-0.3, -0.25) is 9.69 Å². The Bertz CT molecular complexity index is 300. The molecule has 0 aromatic carbocycles. The van der Waals surface area contributed by atoms with Gasteiger partial charge in [0.05, 0.1) is 19.3 Å². The third-order valence-corrected chi connectivity index (χ3v) is 4.03. The van der Waals surface area contributed by atoms with Gasteiger partial charge in [-0.15, -0.1) is 0 Å². The quantitative estimate of drug-likeness (QED) is 0.620. The molecular formula is C13H26N2O4. The molecule has 6 nitrogen and oxygen atoms in total. The molecule has 0 radical (unpaired) electrons. The van der Waals surface area contributed by atoms with Gasteiger partial charge in [0.2, 0.25) is 0 Å². The van der Waals surface area contributed by atoms with Gasteiger partial charge in [0.1, 0.15) is 6.04 Å². The van der Waals surface area contributed by atoms with E-state index in [1.54, 1.807) is 14.0 Å². The number of likely N-dealkylation sites (N-methyl/N-ethyl adjacent to an activating group) is 1. The molecular weight excluding hydrogens is 248 g/mol. The highest BCUT2D eigenvalue weighted by molar-refractivity contribution is 5.74. The zero-order valence-corrected chi connectivity index (χ0v) is 12.2. The van der Waals surface area contributed by atoms with E-state index in [-0.39, 0.29) is 18.0 Å². The Morgan fingerprint density at radius 2 is 2.11 bits per heavy atom. The minimum atomic E-state index is -0.886. The number of rotatable bonds is 6. The maximum atomic E-state index is 11.6. The molecule has 5 atom stereocenters. The molecule has 6 heteroatoms. The Balaban J connectivity index is 2.84. The molecule has 1 aliphatic heterocycles. The lowest BCUT2D eigenvalue weighted by Crippen LogP contribution is -2.58. The van der Waals surface area contributed by atoms with Gasteiger partial charge in [0.15, 0.2) is 0 Å². The number of carboxylic acid groups (broad SMARTS) is 1. The van der Waals surface area contributed by atoms with Crippen molar-refractivity contribution in [2.24, 2.45) is 5.92 Å². The number of carboxylic acids is 1. The molecule has 112 valence electrons. The molecule has 0 aromatic rings. The van der Waals surface area contributed by atoms with E-state index in [9.17, 15) is 15.0 Å². The number of ether oxygens (including phenoxy) is 1. The van der Waals surface area contributed by atoms with Crippen LogP contribution in [0.15, 0.2) is 0 Å². The highest BCUT2D eigenvalue weighted by atomic mass is 16.5. The molecule has 0 aromatic heterocycles. The molecule has 1 fully saturated rings. The standard InChI is InChI=1S/C13H26N2O4/c1-8-7-19-6-5-15(8)11(13(17)18)9(2)12(16)10(3)14-4/h8-12,14,16H,5-7H2,1-4H3,(H,17,18)/t8?,9-,10+,11?,12-/m1/s1. The van der Waals surface area contributed by atoms with Gasteiger partial charge in [-0.2, -0.15) is 0 Å². The van der Waals surface area contributed by atoms with Gasteiger partial charge in [0, 0.05) is 24.5 Å². The third kappa shape index (κ3) is 3.89. The zero-order chi connectivity index (χ0) is 14.6. The minimum absolute atomic E-state index is 0.0504. The maximum Gasteiger partial charge on any atom is 0.321 e. The molecule has 19 heavy (non-hydrogen) atoms. The van der Waals surface area contributed by atoms with Crippen molar-refractivity contribution in [3.63, 3.8) is 0 Å². The largest absolute Gasteiger partial charge is 0.480 e. The number of nitrogens with zero attached hydrogens (tertiary/aromatic N) is 1. The van der Waals surface area contributed by atoms with Crippen LogP contribution in [0.25, 0.3) is 0 Å². The zero-order valence-electron chi connectivity index (χ0n) is 12.2. The van der Waals surface area contributed by atoms with Crippen molar-refractivity contribution < 1.29 is 19.7 Å². The first-order chi connectivity index (χ1) is 8.90. The number of carbonyl (C=O) groups is 1. The monoisotopic (exact) mass is 274 g/mol. The number of aliphatic carboxylic acids is 1. The molecule has 1 rings (SSSR count). The van der Waals surface area contributed by atoms with Crippen molar-refractivity contribution in [3.8, 4) is 0 Å². The summed E-state index contributed by atoms with van der Waals surface area (Å²) < 4.78 is 5.34. The van der Waals surface area contributed by atoms with E-state index in [2.05, 4.69) is 5.32 Å². The van der Waals surface area contributed by atoms with Crippen LogP contribution >= 0.6 is 0 Å². The highest BCUT2D eigenvalue weighted by Gasteiger charge is 2.39. The summed E-state index contributed by atoms with van der Waals surface area (Å²) in [6.45, 7) is 7.26. The summed E-state index contributed by atoms with van der Waals surface area (Å²) in [6, 6.07) is -0.785. The molecule has 0 amide bonds. The van der Waals surface area contributed by atoms with Crippen molar-refractivity contribution in [3.05, 3.63) is 0 Å². The first-order valence-electron chi connectivity index (χ1n) is 6.81. The van der Waals surface area contributed by atoms with Gasteiger partial charge in [0.25, 0.3) is 0 Å². The number of hydrogen-bond acceptors (Lipinski definition) is 5. The van der Waals surface area contributed by atoms with Crippen molar-refractivity contribution >= 4 is 5.97 Å². The van der Waals surface area contributed by atoms with E-state index in [1.807, 2.05) is 18.7 Å². The van der Waals surface area contributed by atoms with Crippen LogP contribution in [0.5, 0.6) is 0 Å². The second kappa shape index (κ2) is 7.19. The molecule has 0 aliphatic carbocycles. The fraction of sp³-hybridized carbons (Fsp3) is 0.923. The van der Waals surface area contributed by atoms with Crippen LogP contribution in [0.4, 0.5) is 0 Å². The topological polar surface area (TPSA) is 82.0 Å². The lowest BCUT2D eigenvalue weighted by Gasteiger charge is -2.41. The normalized spacial score (nSPS) is 27.5. The summed E-state index contributed by atoms with van der Waals surface area (Å²) in [5, 5.41) is 22.7. The summed E-state index contributed by atoms with van der Waals surface area (Å²) >= 11 is 0. The number of aliphatic hydroxyl groups excluding tert-OH is 1. The Hall–Kier alpha value is -0.690. The molecule has 1 heterocycles. The lowest BCUT2D eigenvalue weighted by atomic mass is 9.89. The summed E-state index contributed by atoms with van der Waals surface area (Å²) in [4.78, 5) is 13.5. The molecule has 1 aliphatic rings. The Morgan fingerprint density at radius 1 is 1.47 bits per heavy atom. The van der Waals surface area contributed by atoms with Crippen LogP contribution in [0, 0.1) is 5.92 Å². The van der Waals surface area contributed by atoms with Crippen LogP contribution < -0.4 is 5.32 Å². The predicted molar refractivity (Wildman–Crippen MR) is 72.1 cm³/mol.